The Morgan fingerprint density at radius 2 is 1.80 bits per heavy atom. The SMILES string of the molecule is C=CCCOc1nc2cc(F)ccc2c2ccc(OC(F)(F)F)cc12. The fraction of sp³-hybridized carbons (Fsp3) is 0.167. The molecule has 0 atom stereocenters. The summed E-state index contributed by atoms with van der Waals surface area (Å²) in [5, 5.41) is 1.55. The molecule has 1 heterocycles. The quantitative estimate of drug-likeness (QED) is 0.268. The van der Waals surface area contributed by atoms with Crippen LogP contribution in [0.25, 0.3) is 21.7 Å². The highest BCUT2D eigenvalue weighted by molar-refractivity contribution is 6.08. The maximum absolute atomic E-state index is 13.5. The lowest BCUT2D eigenvalue weighted by Gasteiger charge is -2.13. The van der Waals surface area contributed by atoms with Gasteiger partial charge in [-0.25, -0.2) is 9.37 Å². The maximum atomic E-state index is 13.5. The van der Waals surface area contributed by atoms with Gasteiger partial charge >= 0.3 is 6.36 Å². The molecule has 0 saturated heterocycles. The molecule has 3 nitrogen and oxygen atoms in total. The number of hydrogen-bond acceptors (Lipinski definition) is 3. The third-order valence-electron chi connectivity index (χ3n) is 3.49. The van der Waals surface area contributed by atoms with E-state index in [1.54, 1.807) is 6.08 Å². The zero-order valence-electron chi connectivity index (χ0n) is 12.9. The van der Waals surface area contributed by atoms with Gasteiger partial charge in [-0.3, -0.25) is 0 Å². The van der Waals surface area contributed by atoms with Gasteiger partial charge in [0.1, 0.15) is 11.6 Å². The van der Waals surface area contributed by atoms with Crippen LogP contribution in [0.5, 0.6) is 11.6 Å². The van der Waals surface area contributed by atoms with Crippen molar-refractivity contribution in [2.45, 2.75) is 12.8 Å². The van der Waals surface area contributed by atoms with Crippen LogP contribution in [0.3, 0.4) is 0 Å². The summed E-state index contributed by atoms with van der Waals surface area (Å²) >= 11 is 0. The van der Waals surface area contributed by atoms with Crippen LogP contribution in [0.15, 0.2) is 49.1 Å². The number of pyridine rings is 1. The lowest BCUT2D eigenvalue weighted by atomic mass is 10.1. The van der Waals surface area contributed by atoms with Gasteiger partial charge < -0.3 is 9.47 Å². The van der Waals surface area contributed by atoms with E-state index in [-0.39, 0.29) is 18.2 Å². The van der Waals surface area contributed by atoms with Crippen molar-refractivity contribution >= 4 is 21.7 Å². The molecule has 3 rings (SSSR count). The first-order chi connectivity index (χ1) is 11.9. The molecule has 0 spiro atoms. The summed E-state index contributed by atoms with van der Waals surface area (Å²) < 4.78 is 60.4. The van der Waals surface area contributed by atoms with Crippen molar-refractivity contribution in [2.75, 3.05) is 6.61 Å². The normalized spacial score (nSPS) is 11.7. The van der Waals surface area contributed by atoms with Gasteiger partial charge in [0.05, 0.1) is 12.1 Å². The molecule has 0 aliphatic heterocycles. The van der Waals surface area contributed by atoms with E-state index in [2.05, 4.69) is 16.3 Å². The molecule has 0 aliphatic rings. The monoisotopic (exact) mass is 351 g/mol. The van der Waals surface area contributed by atoms with Gasteiger partial charge in [-0.1, -0.05) is 6.08 Å². The Bertz CT molecular complexity index is 938. The van der Waals surface area contributed by atoms with Crippen LogP contribution in [0.1, 0.15) is 6.42 Å². The highest BCUT2D eigenvalue weighted by Crippen LogP contribution is 2.35. The molecule has 0 bridgehead atoms. The Kier molecular flexibility index (Phi) is 4.48. The minimum atomic E-state index is -4.80. The van der Waals surface area contributed by atoms with Crippen LogP contribution in [0.2, 0.25) is 0 Å². The smallest absolute Gasteiger partial charge is 0.477 e. The highest BCUT2D eigenvalue weighted by atomic mass is 19.4. The van der Waals surface area contributed by atoms with Gasteiger partial charge in [0.15, 0.2) is 0 Å². The van der Waals surface area contributed by atoms with Gasteiger partial charge in [-0.15, -0.1) is 19.8 Å². The van der Waals surface area contributed by atoms with E-state index in [9.17, 15) is 17.6 Å². The van der Waals surface area contributed by atoms with Crippen molar-refractivity contribution in [1.29, 1.82) is 0 Å². The Hall–Kier alpha value is -2.83. The largest absolute Gasteiger partial charge is 0.573 e. The first-order valence-electron chi connectivity index (χ1n) is 7.40. The van der Waals surface area contributed by atoms with Crippen LogP contribution in [-0.2, 0) is 0 Å². The molecule has 25 heavy (non-hydrogen) atoms. The van der Waals surface area contributed by atoms with Crippen molar-refractivity contribution in [3.05, 3.63) is 54.9 Å². The van der Waals surface area contributed by atoms with Crippen molar-refractivity contribution in [1.82, 2.24) is 4.98 Å². The average Bonchev–Trinajstić information content (AvgIpc) is 2.53. The number of hydrogen-bond donors (Lipinski definition) is 0. The van der Waals surface area contributed by atoms with E-state index in [4.69, 9.17) is 4.74 Å². The summed E-state index contributed by atoms with van der Waals surface area (Å²) in [6.45, 7) is 3.82. The first kappa shape index (κ1) is 17.0. The molecular formula is C18H13F4NO2. The molecule has 130 valence electrons. The fourth-order valence-corrected chi connectivity index (χ4v) is 2.48. The summed E-state index contributed by atoms with van der Waals surface area (Å²) in [5.41, 5.74) is 0.352. The molecular weight excluding hydrogens is 338 g/mol. The van der Waals surface area contributed by atoms with Crippen LogP contribution in [-0.4, -0.2) is 18.0 Å². The van der Waals surface area contributed by atoms with Gasteiger partial charge in [0.25, 0.3) is 0 Å². The molecule has 7 heteroatoms. The molecule has 0 N–H and O–H groups in total. The van der Waals surface area contributed by atoms with Crippen molar-refractivity contribution in [3.8, 4) is 11.6 Å². The van der Waals surface area contributed by atoms with E-state index in [0.29, 0.717) is 28.1 Å². The summed E-state index contributed by atoms with van der Waals surface area (Å²) in [4.78, 5) is 4.24. The van der Waals surface area contributed by atoms with Gasteiger partial charge in [0.2, 0.25) is 5.88 Å². The Balaban J connectivity index is 2.18. The number of alkyl halides is 3. The molecule has 0 radical (unpaired) electrons. The second kappa shape index (κ2) is 6.58. The predicted octanol–water partition coefficient (Wildman–Crippen LogP) is 5.38. The molecule has 1 aromatic heterocycles. The fourth-order valence-electron chi connectivity index (χ4n) is 2.48. The van der Waals surface area contributed by atoms with Gasteiger partial charge in [-0.2, -0.15) is 0 Å². The maximum Gasteiger partial charge on any atom is 0.573 e. The number of benzene rings is 2. The van der Waals surface area contributed by atoms with E-state index in [1.807, 2.05) is 0 Å². The standard InChI is InChI=1S/C18H13F4NO2/c1-2-3-8-24-17-15-10-12(25-18(20,21)22)5-7-13(15)14-6-4-11(19)9-16(14)23-17/h2,4-7,9-10H,1,3,8H2. The van der Waals surface area contributed by atoms with Gasteiger partial charge in [-0.05, 0) is 42.1 Å². The predicted molar refractivity (Wildman–Crippen MR) is 86.2 cm³/mol. The molecule has 0 fully saturated rings. The van der Waals surface area contributed by atoms with Gasteiger partial charge in [0, 0.05) is 16.8 Å². The Labute approximate surface area is 140 Å². The number of nitrogens with zero attached hydrogens (tertiary/aromatic N) is 1. The molecule has 0 aliphatic carbocycles. The number of fused-ring (bicyclic) bond motifs is 3. The average molecular weight is 351 g/mol. The number of rotatable bonds is 5. The summed E-state index contributed by atoms with van der Waals surface area (Å²) in [6.07, 6.45) is -2.63. The third kappa shape index (κ3) is 3.81. The van der Waals surface area contributed by atoms with E-state index >= 15 is 0 Å². The second-order valence-corrected chi connectivity index (χ2v) is 5.26. The summed E-state index contributed by atoms with van der Waals surface area (Å²) in [5.74, 6) is -0.729. The summed E-state index contributed by atoms with van der Waals surface area (Å²) in [6, 6.07) is 7.92. The lowest BCUT2D eigenvalue weighted by Crippen LogP contribution is -2.17. The Morgan fingerprint density at radius 1 is 1.04 bits per heavy atom. The zero-order chi connectivity index (χ0) is 18.0. The first-order valence-corrected chi connectivity index (χ1v) is 7.40. The molecule has 3 aromatic rings. The van der Waals surface area contributed by atoms with Crippen molar-refractivity contribution in [2.24, 2.45) is 0 Å². The van der Waals surface area contributed by atoms with E-state index < -0.39 is 12.2 Å². The van der Waals surface area contributed by atoms with Crippen LogP contribution < -0.4 is 9.47 Å². The highest BCUT2D eigenvalue weighted by Gasteiger charge is 2.31. The number of halogens is 4. The second-order valence-electron chi connectivity index (χ2n) is 5.26. The van der Waals surface area contributed by atoms with E-state index in [0.717, 1.165) is 0 Å². The van der Waals surface area contributed by atoms with Crippen molar-refractivity contribution in [3.63, 3.8) is 0 Å². The molecule has 2 aromatic carbocycles. The number of aromatic nitrogens is 1. The summed E-state index contributed by atoms with van der Waals surface area (Å²) in [7, 11) is 0. The van der Waals surface area contributed by atoms with Crippen LogP contribution >= 0.6 is 0 Å². The van der Waals surface area contributed by atoms with Crippen molar-refractivity contribution < 1.29 is 27.0 Å². The third-order valence-corrected chi connectivity index (χ3v) is 3.49. The van der Waals surface area contributed by atoms with Crippen LogP contribution in [0, 0.1) is 5.82 Å². The Morgan fingerprint density at radius 3 is 2.52 bits per heavy atom. The minimum Gasteiger partial charge on any atom is -0.477 e. The van der Waals surface area contributed by atoms with E-state index in [1.165, 1.54) is 36.4 Å². The molecule has 0 unspecified atom stereocenters. The zero-order valence-corrected chi connectivity index (χ0v) is 12.9. The minimum absolute atomic E-state index is 0.113. The van der Waals surface area contributed by atoms with Crippen LogP contribution in [0.4, 0.5) is 17.6 Å². The topological polar surface area (TPSA) is 31.4 Å². The lowest BCUT2D eigenvalue weighted by molar-refractivity contribution is -0.274. The number of ether oxygens (including phenoxy) is 2. The molecule has 0 saturated carbocycles. The molecule has 0 amide bonds.